The van der Waals surface area contributed by atoms with Crippen molar-refractivity contribution in [1.82, 2.24) is 14.9 Å². The molecule has 126 valence electrons. The fourth-order valence-electron chi connectivity index (χ4n) is 2.96. The maximum absolute atomic E-state index is 11.7. The van der Waals surface area contributed by atoms with Gasteiger partial charge in [0.05, 0.1) is 7.11 Å². The number of carbonyl (C=O) groups is 1. The molecule has 1 aliphatic rings. The molecule has 0 spiro atoms. The number of benzene rings is 1. The number of likely N-dealkylation sites (tertiary alicyclic amines) is 1. The minimum Gasteiger partial charge on any atom is -0.497 e. The Bertz CT molecular complexity index is 720. The van der Waals surface area contributed by atoms with Gasteiger partial charge in [0.1, 0.15) is 17.2 Å². The second kappa shape index (κ2) is 7.29. The van der Waals surface area contributed by atoms with E-state index in [1.54, 1.807) is 32.5 Å². The van der Waals surface area contributed by atoms with Crippen LogP contribution in [0, 0.1) is 0 Å². The molecule has 0 radical (unpaired) electrons. The summed E-state index contributed by atoms with van der Waals surface area (Å²) in [4.78, 5) is 22.3. The molecule has 3 rings (SSSR count). The van der Waals surface area contributed by atoms with Gasteiger partial charge >= 0.3 is 0 Å². The van der Waals surface area contributed by atoms with Crippen molar-refractivity contribution in [2.24, 2.45) is 0 Å². The zero-order valence-electron chi connectivity index (χ0n) is 13.9. The molecule has 1 aromatic heterocycles. The number of rotatable bonds is 4. The largest absolute Gasteiger partial charge is 0.497 e. The topological polar surface area (TPSA) is 64.6 Å². The number of piperidine rings is 1. The van der Waals surface area contributed by atoms with Crippen molar-refractivity contribution < 1.29 is 14.3 Å². The van der Waals surface area contributed by atoms with Crippen LogP contribution >= 0.6 is 0 Å². The van der Waals surface area contributed by atoms with Crippen molar-refractivity contribution in [3.8, 4) is 17.4 Å². The first-order chi connectivity index (χ1) is 11.7. The van der Waals surface area contributed by atoms with Crippen LogP contribution in [-0.2, 0) is 4.79 Å². The molecule has 1 saturated heterocycles. The molecule has 2 heterocycles. The third kappa shape index (κ3) is 3.64. The standard InChI is InChI=1S/C18H21N3O3/c1-13(22)21-10-4-5-14(12-21)17-18(20-9-8-19-17)24-16-7-3-6-15(11-16)23-2/h3,6-9,11,14H,4-5,10,12H2,1-2H3/t14-/m0/s1. The van der Waals surface area contributed by atoms with Gasteiger partial charge in [0.15, 0.2) is 0 Å². The summed E-state index contributed by atoms with van der Waals surface area (Å²) in [6, 6.07) is 7.38. The summed E-state index contributed by atoms with van der Waals surface area (Å²) in [5, 5.41) is 0. The van der Waals surface area contributed by atoms with Crippen LogP contribution in [0.2, 0.25) is 0 Å². The minimum atomic E-state index is 0.0962. The molecule has 0 aliphatic carbocycles. The first-order valence-electron chi connectivity index (χ1n) is 8.05. The van der Waals surface area contributed by atoms with Crippen LogP contribution in [0.25, 0.3) is 0 Å². The van der Waals surface area contributed by atoms with Crippen molar-refractivity contribution in [2.45, 2.75) is 25.7 Å². The Kier molecular flexibility index (Phi) is 4.93. The normalized spacial score (nSPS) is 17.4. The number of nitrogens with zero attached hydrogens (tertiary/aromatic N) is 3. The average Bonchev–Trinajstić information content (AvgIpc) is 2.62. The van der Waals surface area contributed by atoms with Crippen molar-refractivity contribution in [3.63, 3.8) is 0 Å². The molecule has 24 heavy (non-hydrogen) atoms. The predicted octanol–water partition coefficient (Wildman–Crippen LogP) is 3.00. The highest BCUT2D eigenvalue weighted by molar-refractivity contribution is 5.73. The highest BCUT2D eigenvalue weighted by atomic mass is 16.5. The fraction of sp³-hybridized carbons (Fsp3) is 0.389. The van der Waals surface area contributed by atoms with Gasteiger partial charge in [0, 0.05) is 44.4 Å². The predicted molar refractivity (Wildman–Crippen MR) is 89.3 cm³/mol. The Morgan fingerprint density at radius 3 is 2.83 bits per heavy atom. The third-order valence-corrected chi connectivity index (χ3v) is 4.20. The van der Waals surface area contributed by atoms with E-state index < -0.39 is 0 Å². The second-order valence-electron chi connectivity index (χ2n) is 5.83. The lowest BCUT2D eigenvalue weighted by Gasteiger charge is -2.32. The molecule has 0 N–H and O–H groups in total. The number of amides is 1. The summed E-state index contributed by atoms with van der Waals surface area (Å²) in [5.41, 5.74) is 0.797. The Labute approximate surface area is 141 Å². The molecular formula is C18H21N3O3. The van der Waals surface area contributed by atoms with E-state index in [4.69, 9.17) is 9.47 Å². The zero-order chi connectivity index (χ0) is 16.9. The number of aromatic nitrogens is 2. The molecule has 1 fully saturated rings. The van der Waals surface area contributed by atoms with Crippen LogP contribution in [0.3, 0.4) is 0 Å². The van der Waals surface area contributed by atoms with Gasteiger partial charge in [0.2, 0.25) is 11.8 Å². The van der Waals surface area contributed by atoms with E-state index in [1.165, 1.54) is 0 Å². The summed E-state index contributed by atoms with van der Waals surface area (Å²) >= 11 is 0. The van der Waals surface area contributed by atoms with Gasteiger partial charge in [0.25, 0.3) is 0 Å². The van der Waals surface area contributed by atoms with Crippen LogP contribution < -0.4 is 9.47 Å². The van der Waals surface area contributed by atoms with Crippen molar-refractivity contribution in [2.75, 3.05) is 20.2 Å². The molecule has 2 aromatic rings. The summed E-state index contributed by atoms with van der Waals surface area (Å²) in [6.07, 6.45) is 5.21. The number of hydrogen-bond donors (Lipinski definition) is 0. The lowest BCUT2D eigenvalue weighted by molar-refractivity contribution is -0.130. The lowest BCUT2D eigenvalue weighted by atomic mass is 9.94. The summed E-state index contributed by atoms with van der Waals surface area (Å²) in [6.45, 7) is 3.06. The van der Waals surface area contributed by atoms with Gasteiger partial charge in [-0.2, -0.15) is 0 Å². The monoisotopic (exact) mass is 327 g/mol. The number of ether oxygens (including phenoxy) is 2. The van der Waals surface area contributed by atoms with Gasteiger partial charge in [-0.1, -0.05) is 6.07 Å². The van der Waals surface area contributed by atoms with E-state index in [2.05, 4.69) is 9.97 Å². The van der Waals surface area contributed by atoms with Gasteiger partial charge in [-0.05, 0) is 25.0 Å². The smallest absolute Gasteiger partial charge is 0.241 e. The van der Waals surface area contributed by atoms with E-state index in [9.17, 15) is 4.79 Å². The van der Waals surface area contributed by atoms with Crippen molar-refractivity contribution >= 4 is 5.91 Å². The minimum absolute atomic E-state index is 0.0962. The maximum atomic E-state index is 11.7. The Morgan fingerprint density at radius 2 is 2.04 bits per heavy atom. The molecule has 1 aliphatic heterocycles. The quantitative estimate of drug-likeness (QED) is 0.864. The molecule has 0 saturated carbocycles. The first kappa shape index (κ1) is 16.2. The van der Waals surface area contributed by atoms with Crippen LogP contribution in [-0.4, -0.2) is 41.0 Å². The third-order valence-electron chi connectivity index (χ3n) is 4.20. The van der Waals surface area contributed by atoms with Crippen LogP contribution in [0.4, 0.5) is 0 Å². The van der Waals surface area contributed by atoms with E-state index >= 15 is 0 Å². The number of carbonyl (C=O) groups excluding carboxylic acids is 1. The van der Waals surface area contributed by atoms with Crippen LogP contribution in [0.15, 0.2) is 36.7 Å². The highest BCUT2D eigenvalue weighted by Gasteiger charge is 2.27. The second-order valence-corrected chi connectivity index (χ2v) is 5.83. The maximum Gasteiger partial charge on any atom is 0.241 e. The SMILES string of the molecule is COc1cccc(Oc2nccnc2[C@H]2CCCN(C(C)=O)C2)c1. The van der Waals surface area contributed by atoms with Crippen LogP contribution in [0.1, 0.15) is 31.4 Å². The highest BCUT2D eigenvalue weighted by Crippen LogP contribution is 2.33. The Morgan fingerprint density at radius 1 is 1.25 bits per heavy atom. The Balaban J connectivity index is 1.83. The molecule has 0 unspecified atom stereocenters. The van der Waals surface area contributed by atoms with E-state index in [1.807, 2.05) is 23.1 Å². The molecule has 1 aromatic carbocycles. The lowest BCUT2D eigenvalue weighted by Crippen LogP contribution is -2.38. The summed E-state index contributed by atoms with van der Waals surface area (Å²) < 4.78 is 11.2. The molecule has 0 bridgehead atoms. The van der Waals surface area contributed by atoms with E-state index in [0.29, 0.717) is 18.2 Å². The zero-order valence-corrected chi connectivity index (χ0v) is 13.9. The van der Waals surface area contributed by atoms with Gasteiger partial charge in [-0.3, -0.25) is 9.78 Å². The van der Waals surface area contributed by atoms with Crippen molar-refractivity contribution in [1.29, 1.82) is 0 Å². The van der Waals surface area contributed by atoms with Gasteiger partial charge < -0.3 is 14.4 Å². The molecule has 1 atom stereocenters. The molecule has 6 heteroatoms. The first-order valence-corrected chi connectivity index (χ1v) is 8.05. The van der Waals surface area contributed by atoms with E-state index in [-0.39, 0.29) is 11.8 Å². The molecular weight excluding hydrogens is 306 g/mol. The number of methoxy groups -OCH3 is 1. The van der Waals surface area contributed by atoms with Crippen molar-refractivity contribution in [3.05, 3.63) is 42.4 Å². The van der Waals surface area contributed by atoms with E-state index in [0.717, 1.165) is 30.8 Å². The van der Waals surface area contributed by atoms with Gasteiger partial charge in [-0.25, -0.2) is 4.98 Å². The molecule has 1 amide bonds. The average molecular weight is 327 g/mol. The summed E-state index contributed by atoms with van der Waals surface area (Å²) in [5.74, 6) is 2.09. The van der Waals surface area contributed by atoms with Gasteiger partial charge in [-0.15, -0.1) is 0 Å². The fourth-order valence-corrected chi connectivity index (χ4v) is 2.96. The Hall–Kier alpha value is -2.63. The van der Waals surface area contributed by atoms with Crippen LogP contribution in [0.5, 0.6) is 17.4 Å². The number of hydrogen-bond acceptors (Lipinski definition) is 5. The summed E-state index contributed by atoms with van der Waals surface area (Å²) in [7, 11) is 1.62. The molecule has 6 nitrogen and oxygen atoms in total.